The molecule has 0 amide bonds. The van der Waals surface area contributed by atoms with E-state index in [0.29, 0.717) is 0 Å². The Hall–Kier alpha value is -1.16. The lowest BCUT2D eigenvalue weighted by atomic mass is 10.1. The molecule has 0 aliphatic rings. The van der Waals surface area contributed by atoms with Gasteiger partial charge in [-0.15, -0.1) is 10.2 Å². The van der Waals surface area contributed by atoms with Gasteiger partial charge in [0, 0.05) is 16.6 Å². The summed E-state index contributed by atoms with van der Waals surface area (Å²) < 4.78 is 3.10. The normalized spacial score (nSPS) is 10.6. The summed E-state index contributed by atoms with van der Waals surface area (Å²) in [6, 6.07) is 6.19. The Morgan fingerprint density at radius 3 is 2.93 bits per heavy atom. The van der Waals surface area contributed by atoms with Crippen molar-refractivity contribution in [2.75, 3.05) is 0 Å². The van der Waals surface area contributed by atoms with Crippen molar-refractivity contribution in [3.63, 3.8) is 0 Å². The number of nitrogens with zero attached hydrogens (tertiary/aromatic N) is 3. The zero-order chi connectivity index (χ0) is 10.8. The molecule has 2 aromatic rings. The van der Waals surface area contributed by atoms with Crippen LogP contribution in [0.1, 0.15) is 12.5 Å². The third-order valence-electron chi connectivity index (χ3n) is 2.40. The lowest BCUT2D eigenvalue weighted by Crippen LogP contribution is -1.97. The van der Waals surface area contributed by atoms with Gasteiger partial charge in [-0.05, 0) is 31.5 Å². The molecule has 0 saturated carbocycles. The first-order valence-electron chi connectivity index (χ1n) is 4.86. The number of halogens is 1. The van der Waals surface area contributed by atoms with E-state index >= 15 is 0 Å². The predicted molar refractivity (Wildman–Crippen MR) is 63.6 cm³/mol. The zero-order valence-corrected chi connectivity index (χ0v) is 10.3. The fourth-order valence-corrected chi connectivity index (χ4v) is 1.89. The van der Waals surface area contributed by atoms with Crippen molar-refractivity contribution >= 4 is 15.9 Å². The van der Waals surface area contributed by atoms with Gasteiger partial charge in [0.1, 0.15) is 6.33 Å². The Bertz CT molecular complexity index is 476. The van der Waals surface area contributed by atoms with Crippen LogP contribution in [0.15, 0.2) is 29.0 Å². The molecule has 2 rings (SSSR count). The highest BCUT2D eigenvalue weighted by Crippen LogP contribution is 2.24. The van der Waals surface area contributed by atoms with Gasteiger partial charge in [0.25, 0.3) is 0 Å². The number of benzene rings is 1. The van der Waals surface area contributed by atoms with E-state index in [9.17, 15) is 0 Å². The van der Waals surface area contributed by atoms with E-state index in [1.165, 1.54) is 5.56 Å². The Morgan fingerprint density at radius 2 is 2.20 bits per heavy atom. The van der Waals surface area contributed by atoms with Gasteiger partial charge in [0.05, 0.1) is 0 Å². The number of aryl methyl sites for hydroxylation is 2. The second-order valence-corrected chi connectivity index (χ2v) is 4.32. The highest BCUT2D eigenvalue weighted by atomic mass is 79.9. The van der Waals surface area contributed by atoms with Gasteiger partial charge < -0.3 is 4.57 Å². The van der Waals surface area contributed by atoms with E-state index in [4.69, 9.17) is 0 Å². The maximum Gasteiger partial charge on any atom is 0.164 e. The largest absolute Gasteiger partial charge is 0.314 e. The van der Waals surface area contributed by atoms with Gasteiger partial charge in [0.2, 0.25) is 0 Å². The Kier molecular flexibility index (Phi) is 2.86. The first-order valence-corrected chi connectivity index (χ1v) is 5.66. The van der Waals surface area contributed by atoms with Crippen LogP contribution in [-0.4, -0.2) is 14.8 Å². The van der Waals surface area contributed by atoms with Crippen LogP contribution < -0.4 is 0 Å². The van der Waals surface area contributed by atoms with Gasteiger partial charge in [0.15, 0.2) is 5.82 Å². The highest BCUT2D eigenvalue weighted by Gasteiger charge is 2.08. The molecule has 4 heteroatoms. The minimum absolute atomic E-state index is 0.883. The molecule has 0 aliphatic carbocycles. The highest BCUT2D eigenvalue weighted by molar-refractivity contribution is 9.10. The summed E-state index contributed by atoms with van der Waals surface area (Å²) in [5.41, 5.74) is 2.34. The van der Waals surface area contributed by atoms with Crippen molar-refractivity contribution < 1.29 is 0 Å². The standard InChI is InChI=1S/C11H12BrN3/c1-3-15-7-13-14-11(15)10-6-9(12)5-4-8(10)2/h4-7H,3H2,1-2H3. The van der Waals surface area contributed by atoms with Crippen molar-refractivity contribution in [2.24, 2.45) is 0 Å². The summed E-state index contributed by atoms with van der Waals surface area (Å²) >= 11 is 3.47. The third kappa shape index (κ3) is 1.95. The van der Waals surface area contributed by atoms with Crippen LogP contribution in [0.2, 0.25) is 0 Å². The molecule has 0 radical (unpaired) electrons. The molecule has 1 aromatic carbocycles. The number of aromatic nitrogens is 3. The average molecular weight is 266 g/mol. The van der Waals surface area contributed by atoms with Gasteiger partial charge in [-0.2, -0.15) is 0 Å². The maximum atomic E-state index is 4.15. The van der Waals surface area contributed by atoms with E-state index in [2.05, 4.69) is 52.1 Å². The predicted octanol–water partition coefficient (Wildman–Crippen LogP) is 3.04. The average Bonchev–Trinajstić information content (AvgIpc) is 2.69. The van der Waals surface area contributed by atoms with Crippen LogP contribution in [0, 0.1) is 6.92 Å². The summed E-state index contributed by atoms with van der Waals surface area (Å²) in [4.78, 5) is 0. The topological polar surface area (TPSA) is 30.7 Å². The Labute approximate surface area is 97.3 Å². The molecule has 0 aliphatic heterocycles. The van der Waals surface area contributed by atoms with E-state index in [-0.39, 0.29) is 0 Å². The molecule has 1 heterocycles. The molecule has 0 atom stereocenters. The van der Waals surface area contributed by atoms with Crippen molar-refractivity contribution in [1.82, 2.24) is 14.8 Å². The van der Waals surface area contributed by atoms with E-state index < -0.39 is 0 Å². The van der Waals surface area contributed by atoms with Crippen molar-refractivity contribution in [1.29, 1.82) is 0 Å². The smallest absolute Gasteiger partial charge is 0.164 e. The van der Waals surface area contributed by atoms with Crippen molar-refractivity contribution in [3.05, 3.63) is 34.6 Å². The molecule has 1 aromatic heterocycles. The lowest BCUT2D eigenvalue weighted by Gasteiger charge is -2.06. The monoisotopic (exact) mass is 265 g/mol. The van der Waals surface area contributed by atoms with Crippen molar-refractivity contribution in [3.8, 4) is 11.4 Å². The molecule has 3 nitrogen and oxygen atoms in total. The fourth-order valence-electron chi connectivity index (χ4n) is 1.53. The molecule has 0 bridgehead atoms. The molecule has 0 fully saturated rings. The summed E-state index contributed by atoms with van der Waals surface area (Å²) in [6.45, 7) is 5.05. The second-order valence-electron chi connectivity index (χ2n) is 3.40. The zero-order valence-electron chi connectivity index (χ0n) is 8.74. The number of rotatable bonds is 2. The Balaban J connectivity index is 2.58. The van der Waals surface area contributed by atoms with Gasteiger partial charge in [-0.25, -0.2) is 0 Å². The summed E-state index contributed by atoms with van der Waals surface area (Å²) in [7, 11) is 0. The molecule has 15 heavy (non-hydrogen) atoms. The second kappa shape index (κ2) is 4.14. The van der Waals surface area contributed by atoms with Gasteiger partial charge >= 0.3 is 0 Å². The van der Waals surface area contributed by atoms with Gasteiger partial charge in [-0.1, -0.05) is 22.0 Å². The first kappa shape index (κ1) is 10.4. The van der Waals surface area contributed by atoms with Crippen LogP contribution in [0.3, 0.4) is 0 Å². The minimum atomic E-state index is 0.883. The molecular formula is C11H12BrN3. The molecule has 0 saturated heterocycles. The van der Waals surface area contributed by atoms with Gasteiger partial charge in [-0.3, -0.25) is 0 Å². The number of hydrogen-bond donors (Lipinski definition) is 0. The van der Waals surface area contributed by atoms with E-state index in [1.54, 1.807) is 6.33 Å². The van der Waals surface area contributed by atoms with Crippen LogP contribution >= 0.6 is 15.9 Å². The molecule has 0 N–H and O–H groups in total. The fraction of sp³-hybridized carbons (Fsp3) is 0.273. The molecule has 0 spiro atoms. The SMILES string of the molecule is CCn1cnnc1-c1cc(Br)ccc1C. The third-order valence-corrected chi connectivity index (χ3v) is 2.89. The minimum Gasteiger partial charge on any atom is -0.314 e. The van der Waals surface area contributed by atoms with E-state index in [0.717, 1.165) is 22.4 Å². The summed E-state index contributed by atoms with van der Waals surface area (Å²) in [5.74, 6) is 0.927. The Morgan fingerprint density at radius 1 is 1.40 bits per heavy atom. The lowest BCUT2D eigenvalue weighted by molar-refractivity contribution is 0.766. The van der Waals surface area contributed by atoms with Crippen LogP contribution in [0.25, 0.3) is 11.4 Å². The van der Waals surface area contributed by atoms with Crippen LogP contribution in [0.4, 0.5) is 0 Å². The number of hydrogen-bond acceptors (Lipinski definition) is 2. The van der Waals surface area contributed by atoms with Crippen LogP contribution in [-0.2, 0) is 6.54 Å². The molecular weight excluding hydrogens is 254 g/mol. The molecule has 0 unspecified atom stereocenters. The quantitative estimate of drug-likeness (QED) is 0.836. The summed E-state index contributed by atoms with van der Waals surface area (Å²) in [6.07, 6.45) is 1.76. The first-order chi connectivity index (χ1) is 7.22. The van der Waals surface area contributed by atoms with E-state index in [1.807, 2.05) is 10.6 Å². The summed E-state index contributed by atoms with van der Waals surface area (Å²) in [5, 5.41) is 8.09. The van der Waals surface area contributed by atoms with Crippen molar-refractivity contribution in [2.45, 2.75) is 20.4 Å². The van der Waals surface area contributed by atoms with Crippen LogP contribution in [0.5, 0.6) is 0 Å². The maximum absolute atomic E-state index is 4.15. The molecule has 78 valence electrons.